The second kappa shape index (κ2) is 6.56. The molecule has 0 radical (unpaired) electrons. The highest BCUT2D eigenvalue weighted by Crippen LogP contribution is 2.32. The van der Waals surface area contributed by atoms with Crippen molar-refractivity contribution in [2.24, 2.45) is 0 Å². The first-order chi connectivity index (χ1) is 9.83. The van der Waals surface area contributed by atoms with Crippen LogP contribution < -0.4 is 14.8 Å². The van der Waals surface area contributed by atoms with Gasteiger partial charge in [0.1, 0.15) is 0 Å². The van der Waals surface area contributed by atoms with Crippen molar-refractivity contribution in [1.82, 2.24) is 5.32 Å². The maximum atomic E-state index is 12.3. The minimum atomic E-state index is -4.12. The zero-order valence-corrected chi connectivity index (χ0v) is 12.2. The van der Waals surface area contributed by atoms with E-state index in [1.165, 1.54) is 0 Å². The number of alkyl halides is 3. The monoisotopic (exact) mass is 303 g/mol. The normalized spacial score (nSPS) is 16.8. The molecule has 0 fully saturated rings. The third kappa shape index (κ3) is 5.12. The summed E-state index contributed by atoms with van der Waals surface area (Å²) in [5.41, 5.74) is 1.09. The molecule has 1 aliphatic heterocycles. The van der Waals surface area contributed by atoms with Gasteiger partial charge in [-0.2, -0.15) is 13.2 Å². The molecular formula is C15H20F3NO2. The van der Waals surface area contributed by atoms with Gasteiger partial charge in [0.05, 0.1) is 6.42 Å². The number of rotatable bonds is 6. The van der Waals surface area contributed by atoms with E-state index < -0.39 is 18.6 Å². The van der Waals surface area contributed by atoms with Gasteiger partial charge < -0.3 is 14.8 Å². The Kier molecular flexibility index (Phi) is 4.98. The molecule has 0 aromatic heterocycles. The Bertz CT molecular complexity index is 476. The van der Waals surface area contributed by atoms with Crippen molar-refractivity contribution in [3.63, 3.8) is 0 Å². The van der Waals surface area contributed by atoms with E-state index in [4.69, 9.17) is 9.47 Å². The van der Waals surface area contributed by atoms with Crippen molar-refractivity contribution in [1.29, 1.82) is 0 Å². The highest BCUT2D eigenvalue weighted by molar-refractivity contribution is 5.44. The maximum absolute atomic E-state index is 12.3. The minimum absolute atomic E-state index is 0.0211. The van der Waals surface area contributed by atoms with Crippen molar-refractivity contribution in [3.05, 3.63) is 23.8 Å². The lowest BCUT2D eigenvalue weighted by atomic mass is 10.0. The molecular weight excluding hydrogens is 283 g/mol. The van der Waals surface area contributed by atoms with Crippen LogP contribution in [0.5, 0.6) is 11.5 Å². The molecule has 6 heteroatoms. The van der Waals surface area contributed by atoms with Gasteiger partial charge in [-0.1, -0.05) is 6.07 Å². The fourth-order valence-corrected chi connectivity index (χ4v) is 2.45. The summed E-state index contributed by atoms with van der Waals surface area (Å²) in [6.07, 6.45) is -3.38. The summed E-state index contributed by atoms with van der Waals surface area (Å²) in [4.78, 5) is 0. The van der Waals surface area contributed by atoms with Gasteiger partial charge in [0.15, 0.2) is 11.5 Å². The smallest absolute Gasteiger partial charge is 0.390 e. The number of hydrogen-bond donors (Lipinski definition) is 1. The molecule has 0 saturated heterocycles. The first-order valence-corrected chi connectivity index (χ1v) is 7.05. The van der Waals surface area contributed by atoms with Crippen LogP contribution in [0.3, 0.4) is 0 Å². The van der Waals surface area contributed by atoms with E-state index in [1.807, 2.05) is 25.1 Å². The molecule has 0 aliphatic carbocycles. The van der Waals surface area contributed by atoms with Crippen LogP contribution in [0, 0.1) is 0 Å². The van der Waals surface area contributed by atoms with Crippen LogP contribution in [0.1, 0.15) is 32.3 Å². The average Bonchev–Trinajstić information content (AvgIpc) is 2.81. The van der Waals surface area contributed by atoms with E-state index in [2.05, 4.69) is 5.32 Å². The standard InChI is InChI=1S/C15H20F3NO2/c1-10(19-11(2)8-15(16,17)18)3-4-12-5-6-13-14(7-12)21-9-20-13/h5-7,10-11,19H,3-4,8-9H2,1-2H3. The molecule has 0 saturated carbocycles. The van der Waals surface area contributed by atoms with Gasteiger partial charge in [0, 0.05) is 12.1 Å². The molecule has 1 aromatic rings. The van der Waals surface area contributed by atoms with Gasteiger partial charge in [-0.25, -0.2) is 0 Å². The highest BCUT2D eigenvalue weighted by atomic mass is 19.4. The molecule has 1 aliphatic rings. The predicted octanol–water partition coefficient (Wildman–Crippen LogP) is 3.67. The first kappa shape index (κ1) is 15.9. The SMILES string of the molecule is CC(CCc1ccc2c(c1)OCO2)NC(C)CC(F)(F)F. The Balaban J connectivity index is 1.77. The summed E-state index contributed by atoms with van der Waals surface area (Å²) in [5.74, 6) is 1.47. The summed E-state index contributed by atoms with van der Waals surface area (Å²) in [5, 5.41) is 2.98. The number of ether oxygens (including phenoxy) is 2. The summed E-state index contributed by atoms with van der Waals surface area (Å²) in [6, 6.07) is 5.19. The van der Waals surface area contributed by atoms with Crippen LogP contribution >= 0.6 is 0 Å². The molecule has 3 nitrogen and oxygen atoms in total. The lowest BCUT2D eigenvalue weighted by Crippen LogP contribution is -2.37. The number of aryl methyl sites for hydroxylation is 1. The van der Waals surface area contributed by atoms with E-state index in [-0.39, 0.29) is 12.8 Å². The van der Waals surface area contributed by atoms with Crippen molar-refractivity contribution >= 4 is 0 Å². The molecule has 0 spiro atoms. The molecule has 21 heavy (non-hydrogen) atoms. The van der Waals surface area contributed by atoms with Crippen LogP contribution in [-0.2, 0) is 6.42 Å². The van der Waals surface area contributed by atoms with Gasteiger partial charge in [0.25, 0.3) is 0 Å². The Labute approximate surface area is 122 Å². The Morgan fingerprint density at radius 2 is 1.86 bits per heavy atom. The van der Waals surface area contributed by atoms with Crippen LogP contribution in [0.2, 0.25) is 0 Å². The zero-order valence-electron chi connectivity index (χ0n) is 12.2. The summed E-state index contributed by atoms with van der Waals surface area (Å²) in [7, 11) is 0. The molecule has 118 valence electrons. The van der Waals surface area contributed by atoms with Gasteiger partial charge in [-0.15, -0.1) is 0 Å². The van der Waals surface area contributed by atoms with Gasteiger partial charge in [0.2, 0.25) is 6.79 Å². The Morgan fingerprint density at radius 3 is 2.57 bits per heavy atom. The fraction of sp³-hybridized carbons (Fsp3) is 0.600. The number of halogens is 3. The Morgan fingerprint density at radius 1 is 1.14 bits per heavy atom. The van der Waals surface area contributed by atoms with Crippen molar-refractivity contribution in [2.45, 2.75) is 51.4 Å². The highest BCUT2D eigenvalue weighted by Gasteiger charge is 2.30. The Hall–Kier alpha value is -1.43. The molecule has 0 bridgehead atoms. The second-order valence-corrected chi connectivity index (χ2v) is 5.51. The van der Waals surface area contributed by atoms with E-state index >= 15 is 0 Å². The van der Waals surface area contributed by atoms with Crippen LogP contribution in [0.4, 0.5) is 13.2 Å². The van der Waals surface area contributed by atoms with E-state index in [9.17, 15) is 13.2 Å². The summed E-state index contributed by atoms with van der Waals surface area (Å²) < 4.78 is 47.3. The largest absolute Gasteiger partial charge is 0.454 e. The van der Waals surface area contributed by atoms with Crippen molar-refractivity contribution in [2.75, 3.05) is 6.79 Å². The summed E-state index contributed by atoms with van der Waals surface area (Å²) in [6.45, 7) is 3.70. The molecule has 0 amide bonds. The second-order valence-electron chi connectivity index (χ2n) is 5.51. The van der Waals surface area contributed by atoms with Crippen LogP contribution in [0.15, 0.2) is 18.2 Å². The van der Waals surface area contributed by atoms with E-state index in [0.717, 1.165) is 29.9 Å². The minimum Gasteiger partial charge on any atom is -0.454 e. The molecule has 2 atom stereocenters. The number of benzene rings is 1. The lowest BCUT2D eigenvalue weighted by molar-refractivity contribution is -0.139. The average molecular weight is 303 g/mol. The predicted molar refractivity (Wildman–Crippen MR) is 73.6 cm³/mol. The number of fused-ring (bicyclic) bond motifs is 1. The summed E-state index contributed by atoms with van der Waals surface area (Å²) >= 11 is 0. The molecule has 2 unspecified atom stereocenters. The number of hydrogen-bond acceptors (Lipinski definition) is 3. The first-order valence-electron chi connectivity index (χ1n) is 7.05. The van der Waals surface area contributed by atoms with Crippen LogP contribution in [0.25, 0.3) is 0 Å². The van der Waals surface area contributed by atoms with Crippen molar-refractivity contribution in [3.8, 4) is 11.5 Å². The maximum Gasteiger partial charge on any atom is 0.390 e. The van der Waals surface area contributed by atoms with E-state index in [0.29, 0.717) is 0 Å². The molecule has 1 heterocycles. The van der Waals surface area contributed by atoms with Crippen LogP contribution in [-0.4, -0.2) is 25.1 Å². The third-order valence-electron chi connectivity index (χ3n) is 3.41. The molecule has 1 aromatic carbocycles. The fourth-order valence-electron chi connectivity index (χ4n) is 2.45. The lowest BCUT2D eigenvalue weighted by Gasteiger charge is -2.21. The van der Waals surface area contributed by atoms with Gasteiger partial charge >= 0.3 is 6.18 Å². The quantitative estimate of drug-likeness (QED) is 0.870. The van der Waals surface area contributed by atoms with Gasteiger partial charge in [-0.05, 0) is 44.4 Å². The van der Waals surface area contributed by atoms with Gasteiger partial charge in [-0.3, -0.25) is 0 Å². The van der Waals surface area contributed by atoms with Crippen molar-refractivity contribution < 1.29 is 22.6 Å². The molecule has 1 N–H and O–H groups in total. The van der Waals surface area contributed by atoms with E-state index in [1.54, 1.807) is 6.92 Å². The number of nitrogens with one attached hydrogen (secondary N) is 1. The molecule has 2 rings (SSSR count). The third-order valence-corrected chi connectivity index (χ3v) is 3.41. The zero-order chi connectivity index (χ0) is 15.5. The topological polar surface area (TPSA) is 30.5 Å².